The van der Waals surface area contributed by atoms with E-state index in [9.17, 15) is 0 Å². The van der Waals surface area contributed by atoms with E-state index in [-0.39, 0.29) is 6.04 Å². The molecule has 0 spiro atoms. The van der Waals surface area contributed by atoms with Gasteiger partial charge < -0.3 is 0 Å². The molecule has 1 unspecified atom stereocenters. The van der Waals surface area contributed by atoms with Crippen molar-refractivity contribution in [2.45, 2.75) is 23.8 Å². The number of nitrogens with one attached hydrogen (secondary N) is 1. The quantitative estimate of drug-likeness (QED) is 0.481. The first kappa shape index (κ1) is 13.6. The second-order valence-corrected chi connectivity index (χ2v) is 5.82. The first-order valence-electron chi connectivity index (χ1n) is 5.94. The Morgan fingerprint density at radius 3 is 2.61 bits per heavy atom. The molecule has 0 aliphatic carbocycles. The fourth-order valence-corrected chi connectivity index (χ4v) is 3.04. The van der Waals surface area contributed by atoms with Crippen LogP contribution < -0.4 is 11.3 Å². The van der Waals surface area contributed by atoms with Gasteiger partial charge in [-0.3, -0.25) is 11.3 Å². The lowest BCUT2D eigenvalue weighted by atomic mass is 10.0. The number of hydrogen-bond acceptors (Lipinski definition) is 4. The van der Waals surface area contributed by atoms with E-state index in [4.69, 9.17) is 5.84 Å². The molecule has 4 heteroatoms. The average Bonchev–Trinajstić information content (AvgIpc) is 2.93. The van der Waals surface area contributed by atoms with E-state index in [2.05, 4.69) is 52.8 Å². The highest BCUT2D eigenvalue weighted by atomic mass is 32.2. The highest BCUT2D eigenvalue weighted by molar-refractivity contribution is 7.98. The maximum atomic E-state index is 5.66. The fourth-order valence-electron chi connectivity index (χ4n) is 1.93. The van der Waals surface area contributed by atoms with Crippen molar-refractivity contribution < 1.29 is 0 Å². The van der Waals surface area contributed by atoms with Crippen LogP contribution in [-0.2, 0) is 6.42 Å². The molecule has 0 saturated heterocycles. The van der Waals surface area contributed by atoms with Crippen LogP contribution in [0.1, 0.15) is 23.6 Å². The lowest BCUT2D eigenvalue weighted by molar-refractivity contribution is 0.516. The van der Waals surface area contributed by atoms with Crippen molar-refractivity contribution in [2.24, 2.45) is 5.84 Å². The topological polar surface area (TPSA) is 38.0 Å². The molecule has 96 valence electrons. The van der Waals surface area contributed by atoms with Gasteiger partial charge in [0.05, 0.1) is 0 Å². The molecule has 0 aliphatic rings. The zero-order valence-corrected chi connectivity index (χ0v) is 12.1. The smallest absolute Gasteiger partial charge is 0.0463 e. The van der Waals surface area contributed by atoms with Crippen LogP contribution in [0, 0.1) is 0 Å². The van der Waals surface area contributed by atoms with Crippen molar-refractivity contribution >= 4 is 23.1 Å². The summed E-state index contributed by atoms with van der Waals surface area (Å²) in [7, 11) is 0. The number of hydrogen-bond donors (Lipinski definition) is 2. The first-order chi connectivity index (χ1) is 8.83. The minimum Gasteiger partial charge on any atom is -0.271 e. The van der Waals surface area contributed by atoms with E-state index in [0.29, 0.717) is 0 Å². The summed E-state index contributed by atoms with van der Waals surface area (Å²) >= 11 is 3.50. The van der Waals surface area contributed by atoms with Crippen molar-refractivity contribution in [3.05, 3.63) is 52.2 Å². The van der Waals surface area contributed by atoms with Gasteiger partial charge in [0.2, 0.25) is 0 Å². The fraction of sp³-hybridized carbons (Fsp3) is 0.286. The Morgan fingerprint density at radius 2 is 2.06 bits per heavy atom. The van der Waals surface area contributed by atoms with Gasteiger partial charge >= 0.3 is 0 Å². The Hall–Kier alpha value is -0.810. The van der Waals surface area contributed by atoms with Gasteiger partial charge in [0.15, 0.2) is 0 Å². The molecule has 1 aromatic carbocycles. The Balaban J connectivity index is 1.98. The molecule has 1 aromatic heterocycles. The van der Waals surface area contributed by atoms with Crippen LogP contribution in [0.15, 0.2) is 46.0 Å². The second-order valence-electron chi connectivity index (χ2n) is 4.16. The molecule has 0 fully saturated rings. The van der Waals surface area contributed by atoms with Crippen LogP contribution in [0.5, 0.6) is 0 Å². The third-order valence-electron chi connectivity index (χ3n) is 3.02. The number of hydrazine groups is 1. The van der Waals surface area contributed by atoms with Gasteiger partial charge in [-0.1, -0.05) is 12.1 Å². The number of thioether (sulfide) groups is 1. The number of aryl methyl sites for hydroxylation is 1. The molecular weight excluding hydrogens is 260 g/mol. The van der Waals surface area contributed by atoms with Crippen LogP contribution >= 0.6 is 23.1 Å². The van der Waals surface area contributed by atoms with E-state index in [0.717, 1.165) is 12.8 Å². The third kappa shape index (κ3) is 3.59. The summed E-state index contributed by atoms with van der Waals surface area (Å²) in [6.45, 7) is 0. The minimum absolute atomic E-state index is 0.223. The molecule has 2 nitrogen and oxygen atoms in total. The number of benzene rings is 1. The van der Waals surface area contributed by atoms with Crippen molar-refractivity contribution in [1.82, 2.24) is 5.43 Å². The van der Waals surface area contributed by atoms with Crippen LogP contribution in [-0.4, -0.2) is 6.26 Å². The van der Waals surface area contributed by atoms with Crippen LogP contribution in [0.4, 0.5) is 0 Å². The van der Waals surface area contributed by atoms with E-state index in [1.165, 1.54) is 16.0 Å². The molecule has 18 heavy (non-hydrogen) atoms. The van der Waals surface area contributed by atoms with Crippen molar-refractivity contribution in [3.8, 4) is 0 Å². The Labute approximate surface area is 117 Å². The molecule has 2 rings (SSSR count). The minimum atomic E-state index is 0.223. The highest BCUT2D eigenvalue weighted by Crippen LogP contribution is 2.22. The van der Waals surface area contributed by atoms with Gasteiger partial charge in [0.25, 0.3) is 0 Å². The first-order valence-corrected chi connectivity index (χ1v) is 8.11. The number of thiophene rings is 1. The van der Waals surface area contributed by atoms with Gasteiger partial charge in [-0.05, 0) is 59.2 Å². The molecule has 2 aromatic rings. The lowest BCUT2D eigenvalue weighted by Gasteiger charge is -2.16. The van der Waals surface area contributed by atoms with Gasteiger partial charge in [-0.2, -0.15) is 11.3 Å². The zero-order chi connectivity index (χ0) is 12.8. The van der Waals surface area contributed by atoms with Gasteiger partial charge in [0, 0.05) is 10.9 Å². The SMILES string of the molecule is CSc1ccc(C(CCc2ccsc2)NN)cc1. The van der Waals surface area contributed by atoms with E-state index < -0.39 is 0 Å². The molecule has 0 radical (unpaired) electrons. The Morgan fingerprint density at radius 1 is 1.28 bits per heavy atom. The number of nitrogens with two attached hydrogens (primary N) is 1. The van der Waals surface area contributed by atoms with Crippen LogP contribution in [0.3, 0.4) is 0 Å². The summed E-state index contributed by atoms with van der Waals surface area (Å²) in [4.78, 5) is 1.28. The van der Waals surface area contributed by atoms with E-state index in [1.54, 1.807) is 23.1 Å². The van der Waals surface area contributed by atoms with Crippen molar-refractivity contribution in [2.75, 3.05) is 6.26 Å². The summed E-state index contributed by atoms with van der Waals surface area (Å²) in [5.74, 6) is 5.66. The highest BCUT2D eigenvalue weighted by Gasteiger charge is 2.09. The average molecular weight is 278 g/mol. The molecule has 0 amide bonds. The predicted molar refractivity (Wildman–Crippen MR) is 80.9 cm³/mol. The summed E-state index contributed by atoms with van der Waals surface area (Å²) in [5.41, 5.74) is 5.56. The van der Waals surface area contributed by atoms with Gasteiger partial charge in [0.1, 0.15) is 0 Å². The second kappa shape index (κ2) is 6.95. The zero-order valence-electron chi connectivity index (χ0n) is 10.4. The Kier molecular flexibility index (Phi) is 5.26. The lowest BCUT2D eigenvalue weighted by Crippen LogP contribution is -2.28. The largest absolute Gasteiger partial charge is 0.271 e. The van der Waals surface area contributed by atoms with Gasteiger partial charge in [-0.25, -0.2) is 0 Å². The van der Waals surface area contributed by atoms with Crippen molar-refractivity contribution in [3.63, 3.8) is 0 Å². The monoisotopic (exact) mass is 278 g/mol. The molecular formula is C14H18N2S2. The molecule has 0 aliphatic heterocycles. The third-order valence-corrected chi connectivity index (χ3v) is 4.50. The summed E-state index contributed by atoms with van der Waals surface area (Å²) < 4.78 is 0. The summed E-state index contributed by atoms with van der Waals surface area (Å²) in [6.07, 6.45) is 4.17. The maximum Gasteiger partial charge on any atom is 0.0463 e. The summed E-state index contributed by atoms with van der Waals surface area (Å²) in [6, 6.07) is 11.0. The molecule has 3 N–H and O–H groups in total. The van der Waals surface area contributed by atoms with Gasteiger partial charge in [-0.15, -0.1) is 11.8 Å². The standard InChI is InChI=1S/C14H18N2S2/c1-17-13-5-3-12(4-6-13)14(16-15)7-2-11-8-9-18-10-11/h3-6,8-10,14,16H,2,7,15H2,1H3. The molecule has 0 bridgehead atoms. The van der Waals surface area contributed by atoms with Crippen molar-refractivity contribution in [1.29, 1.82) is 0 Å². The normalized spacial score (nSPS) is 12.6. The van der Waals surface area contributed by atoms with Crippen LogP contribution in [0.2, 0.25) is 0 Å². The molecule has 0 saturated carbocycles. The molecule has 1 atom stereocenters. The van der Waals surface area contributed by atoms with Crippen LogP contribution in [0.25, 0.3) is 0 Å². The number of rotatable bonds is 6. The van der Waals surface area contributed by atoms with E-state index in [1.807, 2.05) is 0 Å². The summed E-state index contributed by atoms with van der Waals surface area (Å²) in [5, 5.41) is 4.32. The predicted octanol–water partition coefficient (Wildman–Crippen LogP) is 3.61. The molecule has 1 heterocycles. The Bertz CT molecular complexity index is 451. The maximum absolute atomic E-state index is 5.66. The van der Waals surface area contributed by atoms with E-state index >= 15 is 0 Å².